The van der Waals surface area contributed by atoms with Crippen molar-refractivity contribution >= 4 is 23.2 Å². The van der Waals surface area contributed by atoms with Crippen LogP contribution in [0.2, 0.25) is 5.02 Å². The van der Waals surface area contributed by atoms with Gasteiger partial charge in [0.15, 0.2) is 0 Å². The first-order valence-electron chi connectivity index (χ1n) is 7.59. The Hall–Kier alpha value is -1.88. The van der Waals surface area contributed by atoms with E-state index in [1.54, 1.807) is 31.2 Å². The average molecular weight is 333 g/mol. The molecule has 4 nitrogen and oxygen atoms in total. The van der Waals surface area contributed by atoms with Gasteiger partial charge in [0.2, 0.25) is 0 Å². The standard InChI is InChI=1S/C18H21ClN2O2/c1-13(22)9-10-20-12-14-3-2-4-17(11-14)21-18(23)15-5-7-16(19)8-6-15/h2-8,11,13,20,22H,9-10,12H2,1H3,(H,21,23). The Morgan fingerprint density at radius 2 is 1.96 bits per heavy atom. The number of nitrogens with one attached hydrogen (secondary N) is 2. The quantitative estimate of drug-likeness (QED) is 0.680. The minimum absolute atomic E-state index is 0.166. The van der Waals surface area contributed by atoms with Gasteiger partial charge in [0.1, 0.15) is 0 Å². The summed E-state index contributed by atoms with van der Waals surface area (Å²) in [7, 11) is 0. The fourth-order valence-electron chi connectivity index (χ4n) is 2.11. The van der Waals surface area contributed by atoms with Gasteiger partial charge >= 0.3 is 0 Å². The molecular weight excluding hydrogens is 312 g/mol. The van der Waals surface area contributed by atoms with E-state index in [0.29, 0.717) is 23.6 Å². The van der Waals surface area contributed by atoms with E-state index in [-0.39, 0.29) is 12.0 Å². The Bertz CT molecular complexity index is 642. The highest BCUT2D eigenvalue weighted by atomic mass is 35.5. The van der Waals surface area contributed by atoms with E-state index in [1.165, 1.54) is 0 Å². The molecule has 0 bridgehead atoms. The monoisotopic (exact) mass is 332 g/mol. The lowest BCUT2D eigenvalue weighted by Crippen LogP contribution is -2.18. The maximum atomic E-state index is 12.2. The van der Waals surface area contributed by atoms with E-state index in [0.717, 1.165) is 17.8 Å². The molecule has 2 aromatic rings. The number of aliphatic hydroxyl groups is 1. The van der Waals surface area contributed by atoms with Crippen LogP contribution in [0.3, 0.4) is 0 Å². The first-order chi connectivity index (χ1) is 11.0. The fourth-order valence-corrected chi connectivity index (χ4v) is 2.23. The van der Waals surface area contributed by atoms with Crippen LogP contribution in [-0.2, 0) is 6.54 Å². The molecule has 23 heavy (non-hydrogen) atoms. The molecule has 0 fully saturated rings. The molecule has 1 unspecified atom stereocenters. The van der Waals surface area contributed by atoms with Gasteiger partial charge in [0.05, 0.1) is 6.10 Å². The van der Waals surface area contributed by atoms with Gasteiger partial charge in [-0.1, -0.05) is 23.7 Å². The smallest absolute Gasteiger partial charge is 0.255 e. The van der Waals surface area contributed by atoms with E-state index in [1.807, 2.05) is 24.3 Å². The third-order valence-corrected chi connectivity index (χ3v) is 3.61. The molecule has 0 aliphatic carbocycles. The van der Waals surface area contributed by atoms with E-state index in [9.17, 15) is 9.90 Å². The minimum atomic E-state index is -0.299. The molecule has 2 aromatic carbocycles. The van der Waals surface area contributed by atoms with Crippen molar-refractivity contribution in [2.75, 3.05) is 11.9 Å². The van der Waals surface area contributed by atoms with Crippen molar-refractivity contribution < 1.29 is 9.90 Å². The van der Waals surface area contributed by atoms with Crippen LogP contribution in [-0.4, -0.2) is 23.7 Å². The van der Waals surface area contributed by atoms with Crippen LogP contribution in [0.1, 0.15) is 29.3 Å². The van der Waals surface area contributed by atoms with Crippen molar-refractivity contribution in [3.8, 4) is 0 Å². The molecule has 1 atom stereocenters. The molecule has 0 aliphatic heterocycles. The highest BCUT2D eigenvalue weighted by molar-refractivity contribution is 6.30. The normalized spacial score (nSPS) is 12.0. The molecule has 3 N–H and O–H groups in total. The zero-order valence-electron chi connectivity index (χ0n) is 13.1. The van der Waals surface area contributed by atoms with Gasteiger partial charge in [0, 0.05) is 22.8 Å². The van der Waals surface area contributed by atoms with Crippen LogP contribution in [0.4, 0.5) is 5.69 Å². The van der Waals surface area contributed by atoms with Crippen LogP contribution in [0.15, 0.2) is 48.5 Å². The molecule has 5 heteroatoms. The third-order valence-electron chi connectivity index (χ3n) is 3.36. The van der Waals surface area contributed by atoms with E-state index in [4.69, 9.17) is 11.6 Å². The van der Waals surface area contributed by atoms with Crippen molar-refractivity contribution in [1.29, 1.82) is 0 Å². The highest BCUT2D eigenvalue weighted by Crippen LogP contribution is 2.14. The van der Waals surface area contributed by atoms with Crippen molar-refractivity contribution in [3.05, 3.63) is 64.7 Å². The van der Waals surface area contributed by atoms with Crippen molar-refractivity contribution in [1.82, 2.24) is 5.32 Å². The van der Waals surface area contributed by atoms with Crippen LogP contribution < -0.4 is 10.6 Å². The number of amides is 1. The molecule has 0 aromatic heterocycles. The topological polar surface area (TPSA) is 61.4 Å². The number of anilines is 1. The van der Waals surface area contributed by atoms with Crippen LogP contribution in [0.25, 0.3) is 0 Å². The van der Waals surface area contributed by atoms with E-state index >= 15 is 0 Å². The van der Waals surface area contributed by atoms with Crippen molar-refractivity contribution in [2.45, 2.75) is 26.0 Å². The molecule has 0 radical (unpaired) electrons. The highest BCUT2D eigenvalue weighted by Gasteiger charge is 2.06. The number of hydrogen-bond donors (Lipinski definition) is 3. The van der Waals surface area contributed by atoms with E-state index < -0.39 is 0 Å². The third kappa shape index (κ3) is 6.02. The van der Waals surface area contributed by atoms with Gasteiger partial charge in [-0.2, -0.15) is 0 Å². The second kappa shape index (κ2) is 8.67. The maximum absolute atomic E-state index is 12.2. The lowest BCUT2D eigenvalue weighted by atomic mass is 10.1. The number of rotatable bonds is 7. The summed E-state index contributed by atoms with van der Waals surface area (Å²) in [5.74, 6) is -0.166. The van der Waals surface area contributed by atoms with Gasteiger partial charge in [-0.05, 0) is 61.9 Å². The van der Waals surface area contributed by atoms with Gasteiger partial charge in [-0.3, -0.25) is 4.79 Å². The molecule has 0 saturated carbocycles. The van der Waals surface area contributed by atoms with Crippen LogP contribution in [0, 0.1) is 0 Å². The SMILES string of the molecule is CC(O)CCNCc1cccc(NC(=O)c2ccc(Cl)cc2)c1. The molecular formula is C18H21ClN2O2. The number of hydrogen-bond acceptors (Lipinski definition) is 3. The largest absolute Gasteiger partial charge is 0.393 e. The summed E-state index contributed by atoms with van der Waals surface area (Å²) in [6.07, 6.45) is 0.417. The summed E-state index contributed by atoms with van der Waals surface area (Å²) in [6.45, 7) is 3.21. The Morgan fingerprint density at radius 1 is 1.22 bits per heavy atom. The second-order valence-electron chi connectivity index (χ2n) is 5.48. The zero-order valence-corrected chi connectivity index (χ0v) is 13.8. The predicted molar refractivity (Wildman–Crippen MR) is 93.9 cm³/mol. The Morgan fingerprint density at radius 3 is 2.65 bits per heavy atom. The number of halogens is 1. The van der Waals surface area contributed by atoms with Gasteiger partial charge in [-0.15, -0.1) is 0 Å². The Kier molecular flexibility index (Phi) is 6.59. The first-order valence-corrected chi connectivity index (χ1v) is 7.97. The fraction of sp³-hybridized carbons (Fsp3) is 0.278. The Labute approximate surface area is 141 Å². The summed E-state index contributed by atoms with van der Waals surface area (Å²) in [5.41, 5.74) is 2.39. The molecule has 1 amide bonds. The molecule has 122 valence electrons. The van der Waals surface area contributed by atoms with Gasteiger partial charge in [-0.25, -0.2) is 0 Å². The zero-order chi connectivity index (χ0) is 16.7. The Balaban J connectivity index is 1.91. The molecule has 0 heterocycles. The summed E-state index contributed by atoms with van der Waals surface area (Å²) in [5, 5.41) is 16.0. The number of carbonyl (C=O) groups is 1. The van der Waals surface area contributed by atoms with Gasteiger partial charge in [0.25, 0.3) is 5.91 Å². The summed E-state index contributed by atoms with van der Waals surface area (Å²) < 4.78 is 0. The number of aliphatic hydroxyl groups excluding tert-OH is 1. The molecule has 2 rings (SSSR count). The number of carbonyl (C=O) groups excluding carboxylic acids is 1. The van der Waals surface area contributed by atoms with Crippen LogP contribution in [0.5, 0.6) is 0 Å². The average Bonchev–Trinajstić information content (AvgIpc) is 2.52. The maximum Gasteiger partial charge on any atom is 0.255 e. The van der Waals surface area contributed by atoms with Crippen molar-refractivity contribution in [3.63, 3.8) is 0 Å². The first kappa shape index (κ1) is 17.5. The van der Waals surface area contributed by atoms with Gasteiger partial charge < -0.3 is 15.7 Å². The van der Waals surface area contributed by atoms with E-state index in [2.05, 4.69) is 10.6 Å². The minimum Gasteiger partial charge on any atom is -0.393 e. The molecule has 0 spiro atoms. The summed E-state index contributed by atoms with van der Waals surface area (Å²) in [6, 6.07) is 14.5. The van der Waals surface area contributed by atoms with Crippen molar-refractivity contribution in [2.24, 2.45) is 0 Å². The van der Waals surface area contributed by atoms with Crippen LogP contribution >= 0.6 is 11.6 Å². The lowest BCUT2D eigenvalue weighted by molar-refractivity contribution is 0.102. The number of benzene rings is 2. The summed E-state index contributed by atoms with van der Waals surface area (Å²) >= 11 is 5.82. The second-order valence-corrected chi connectivity index (χ2v) is 5.91. The molecule has 0 aliphatic rings. The predicted octanol–water partition coefficient (Wildman–Crippen LogP) is 3.45. The molecule has 0 saturated heterocycles. The lowest BCUT2D eigenvalue weighted by Gasteiger charge is -2.09. The summed E-state index contributed by atoms with van der Waals surface area (Å²) in [4.78, 5) is 12.2.